The molecule has 238 valence electrons. The molecule has 1 saturated carbocycles. The summed E-state index contributed by atoms with van der Waals surface area (Å²) in [4.78, 5) is 67.5. The molecule has 5 atom stereocenters. The van der Waals surface area contributed by atoms with E-state index in [-0.39, 0.29) is 33.1 Å². The average molecular weight is 641 g/mol. The standard InChI is InChI=1S/C29H34FN4O6PS.H2O.3H2/c1-3-22(29(37)33-13-20(14-33)27-31-12-15(2)40-27)34-7-6-16-8-18(16)10-21(28(34)36)32-26(35)24-11-19-9-17(25(30)41(38)39)4-5-23(19)42-24;;;;/h4-5,9,11-12,16,18,20-22,25,38-39H,3,6-8,10,13-14H2,1-2H3,(H,32,35);1H2;3*1H/t16?,18?,21-,22-,25?;;;;/m0..../s1. The van der Waals surface area contributed by atoms with Crippen molar-refractivity contribution in [3.05, 3.63) is 52.6 Å². The zero-order chi connectivity index (χ0) is 29.7. The van der Waals surface area contributed by atoms with Crippen LogP contribution in [0.4, 0.5) is 4.39 Å². The summed E-state index contributed by atoms with van der Waals surface area (Å²) in [7, 11) is -2.77. The number of aryl methyl sites for hydroxylation is 1. The fourth-order valence-electron chi connectivity index (χ4n) is 6.20. The number of carbonyl (C=O) groups excluding carboxylic acids is 3. The minimum absolute atomic E-state index is 0. The Hall–Kier alpha value is -2.96. The Morgan fingerprint density at radius 2 is 2.02 bits per heavy atom. The molecular weight excluding hydrogens is 598 g/mol. The minimum Gasteiger partial charge on any atom is -0.446 e. The van der Waals surface area contributed by atoms with Gasteiger partial charge in [0.15, 0.2) is 5.91 Å². The largest absolute Gasteiger partial charge is 0.446 e. The molecule has 3 unspecified atom stereocenters. The first-order valence-electron chi connectivity index (χ1n) is 14.3. The van der Waals surface area contributed by atoms with Crippen molar-refractivity contribution >= 4 is 47.5 Å². The molecule has 3 aliphatic rings. The van der Waals surface area contributed by atoms with E-state index in [1.54, 1.807) is 28.1 Å². The Bertz CT molecular complexity index is 1520. The lowest BCUT2D eigenvalue weighted by atomic mass is 9.96. The first kappa shape index (κ1) is 31.5. The number of oxazole rings is 1. The molecule has 6 rings (SSSR count). The summed E-state index contributed by atoms with van der Waals surface area (Å²) in [6.07, 6.45) is 4.52. The maximum atomic E-state index is 14.2. The molecule has 5 N–H and O–H groups in total. The zero-order valence-corrected chi connectivity index (χ0v) is 25.6. The Morgan fingerprint density at radius 1 is 1.26 bits per heavy atom. The number of fused-ring (bicyclic) bond motifs is 2. The molecule has 1 aliphatic carbocycles. The lowest BCUT2D eigenvalue weighted by Crippen LogP contribution is -2.60. The first-order chi connectivity index (χ1) is 20.1. The van der Waals surface area contributed by atoms with Crippen LogP contribution in [-0.4, -0.2) is 79.5 Å². The molecule has 3 fully saturated rings. The van der Waals surface area contributed by atoms with Crippen LogP contribution in [0.5, 0.6) is 0 Å². The number of hydrogen-bond donors (Lipinski definition) is 3. The number of benzene rings is 1. The van der Waals surface area contributed by atoms with Gasteiger partial charge in [0.25, 0.3) is 5.91 Å². The third-order valence-electron chi connectivity index (χ3n) is 8.71. The fraction of sp³-hybridized carbons (Fsp3) is 0.517. The topological polar surface area (TPSA) is 168 Å². The lowest BCUT2D eigenvalue weighted by Gasteiger charge is -2.42. The predicted octanol–water partition coefficient (Wildman–Crippen LogP) is 4.14. The number of likely N-dealkylation sites (tertiary alicyclic amines) is 2. The van der Waals surface area contributed by atoms with Gasteiger partial charge in [-0.3, -0.25) is 14.4 Å². The first-order valence-corrected chi connectivity index (χ1v) is 16.4. The molecule has 2 saturated heterocycles. The molecule has 4 heterocycles. The van der Waals surface area contributed by atoms with Crippen LogP contribution >= 0.6 is 19.7 Å². The Labute approximate surface area is 257 Å². The van der Waals surface area contributed by atoms with E-state index in [2.05, 4.69) is 10.3 Å². The second-order valence-corrected chi connectivity index (χ2v) is 13.8. The van der Waals surface area contributed by atoms with Gasteiger partial charge in [0.2, 0.25) is 26.1 Å². The van der Waals surface area contributed by atoms with Crippen LogP contribution in [-0.2, 0) is 9.59 Å². The molecule has 1 aromatic carbocycles. The maximum absolute atomic E-state index is 14.2. The second kappa shape index (κ2) is 12.6. The quantitative estimate of drug-likeness (QED) is 0.311. The molecule has 43 heavy (non-hydrogen) atoms. The van der Waals surface area contributed by atoms with Gasteiger partial charge in [0.1, 0.15) is 17.8 Å². The van der Waals surface area contributed by atoms with Crippen molar-refractivity contribution in [3.8, 4) is 0 Å². The zero-order valence-electron chi connectivity index (χ0n) is 23.9. The third-order valence-corrected chi connectivity index (χ3v) is 10.5. The number of amides is 3. The Balaban J connectivity index is 0.00000184. The summed E-state index contributed by atoms with van der Waals surface area (Å²) >= 11 is 1.22. The molecule has 0 bridgehead atoms. The molecule has 0 radical (unpaired) electrons. The normalized spacial score (nSPS) is 23.6. The van der Waals surface area contributed by atoms with Gasteiger partial charge in [-0.05, 0) is 73.6 Å². The van der Waals surface area contributed by atoms with E-state index in [0.717, 1.165) is 23.3 Å². The van der Waals surface area contributed by atoms with Gasteiger partial charge in [-0.1, -0.05) is 13.0 Å². The predicted molar refractivity (Wildman–Crippen MR) is 165 cm³/mol. The number of hydrogen-bond acceptors (Lipinski definition) is 8. The van der Waals surface area contributed by atoms with Crippen LogP contribution in [0.3, 0.4) is 0 Å². The smallest absolute Gasteiger partial charge is 0.262 e. The molecule has 3 amide bonds. The number of thiophene rings is 1. The van der Waals surface area contributed by atoms with Crippen molar-refractivity contribution in [3.63, 3.8) is 0 Å². The molecular formula is C29H42FN4O7PS. The van der Waals surface area contributed by atoms with Gasteiger partial charge in [0.05, 0.1) is 17.0 Å². The number of nitrogens with zero attached hydrogens (tertiary/aromatic N) is 3. The van der Waals surface area contributed by atoms with Gasteiger partial charge in [-0.15, -0.1) is 11.3 Å². The highest BCUT2D eigenvalue weighted by Gasteiger charge is 2.47. The Kier molecular flexibility index (Phi) is 9.20. The van der Waals surface area contributed by atoms with E-state index in [4.69, 9.17) is 4.42 Å². The summed E-state index contributed by atoms with van der Waals surface area (Å²) < 4.78 is 20.5. The number of aromatic nitrogens is 1. The van der Waals surface area contributed by atoms with Crippen LogP contribution < -0.4 is 5.32 Å². The highest BCUT2D eigenvalue weighted by atomic mass is 32.1. The number of halogens is 1. The maximum Gasteiger partial charge on any atom is 0.262 e. The SMILES string of the molecule is CC[C@@H](C(=O)N1CC(c2ncc(C)o2)C1)N1CCC2CC2C[C@H](NC(=O)c2cc3cc(C(F)P(O)O)ccc3s2)C1=O.O.[HH].[HH].[HH]. The van der Waals surface area contributed by atoms with Crippen LogP contribution in [0.25, 0.3) is 10.1 Å². The molecule has 0 spiro atoms. The van der Waals surface area contributed by atoms with E-state index >= 15 is 0 Å². The van der Waals surface area contributed by atoms with Crippen molar-refractivity contribution in [2.24, 2.45) is 11.8 Å². The van der Waals surface area contributed by atoms with E-state index in [1.807, 2.05) is 13.8 Å². The number of alkyl halides is 1. The van der Waals surface area contributed by atoms with E-state index < -0.39 is 32.3 Å². The van der Waals surface area contributed by atoms with Crippen molar-refractivity contribution in [2.45, 2.75) is 63.4 Å². The van der Waals surface area contributed by atoms with Gasteiger partial charge in [0, 0.05) is 28.6 Å². The van der Waals surface area contributed by atoms with Crippen molar-refractivity contribution < 1.29 is 42.7 Å². The van der Waals surface area contributed by atoms with Crippen LogP contribution in [0, 0.1) is 18.8 Å². The molecule has 3 aromatic rings. The molecule has 14 heteroatoms. The second-order valence-electron chi connectivity index (χ2n) is 11.6. The van der Waals surface area contributed by atoms with Crippen LogP contribution in [0.15, 0.2) is 34.9 Å². The average Bonchev–Trinajstić information content (AvgIpc) is 3.29. The lowest BCUT2D eigenvalue weighted by molar-refractivity contribution is -0.150. The minimum atomic E-state index is -2.77. The highest BCUT2D eigenvalue weighted by molar-refractivity contribution is 7.45. The summed E-state index contributed by atoms with van der Waals surface area (Å²) in [6, 6.07) is 4.90. The highest BCUT2D eigenvalue weighted by Crippen LogP contribution is 2.47. The van der Waals surface area contributed by atoms with Gasteiger partial charge in [-0.2, -0.15) is 0 Å². The van der Waals surface area contributed by atoms with Crippen molar-refractivity contribution in [2.75, 3.05) is 19.6 Å². The summed E-state index contributed by atoms with van der Waals surface area (Å²) in [6.45, 7) is 5.21. The monoisotopic (exact) mass is 640 g/mol. The van der Waals surface area contributed by atoms with Gasteiger partial charge in [-0.25, -0.2) is 9.37 Å². The third kappa shape index (κ3) is 6.32. The van der Waals surface area contributed by atoms with Crippen molar-refractivity contribution in [1.82, 2.24) is 20.1 Å². The summed E-state index contributed by atoms with van der Waals surface area (Å²) in [5.41, 5.74) is 0.133. The summed E-state index contributed by atoms with van der Waals surface area (Å²) in [5.74, 6) is -0.368. The molecule has 11 nitrogen and oxygen atoms in total. The summed E-state index contributed by atoms with van der Waals surface area (Å²) in [5, 5.41) is 3.56. The van der Waals surface area contributed by atoms with Crippen LogP contribution in [0.1, 0.15) is 75.6 Å². The van der Waals surface area contributed by atoms with Gasteiger partial charge >= 0.3 is 0 Å². The molecule has 2 aliphatic heterocycles. The number of nitrogens with one attached hydrogen (secondary N) is 1. The van der Waals surface area contributed by atoms with E-state index in [0.29, 0.717) is 60.5 Å². The van der Waals surface area contributed by atoms with E-state index in [9.17, 15) is 28.6 Å². The van der Waals surface area contributed by atoms with Crippen molar-refractivity contribution in [1.29, 1.82) is 0 Å². The van der Waals surface area contributed by atoms with E-state index in [1.165, 1.54) is 23.5 Å². The Morgan fingerprint density at radius 3 is 2.70 bits per heavy atom. The fourth-order valence-corrected chi connectivity index (χ4v) is 7.57. The number of carbonyl (C=O) groups is 3. The molecule has 2 aromatic heterocycles. The number of rotatable bonds is 8. The van der Waals surface area contributed by atoms with Gasteiger partial charge < -0.3 is 34.8 Å². The van der Waals surface area contributed by atoms with Crippen LogP contribution in [0.2, 0.25) is 0 Å².